The first kappa shape index (κ1) is 16.3. The Morgan fingerprint density at radius 2 is 1.57 bits per heavy atom. The number of aryl methyl sites for hydroxylation is 3. The molecule has 0 spiro atoms. The average molecular weight is 346 g/mol. The van der Waals surface area contributed by atoms with Crippen molar-refractivity contribution in [2.24, 2.45) is 0 Å². The van der Waals surface area contributed by atoms with Gasteiger partial charge in [0.2, 0.25) is 0 Å². The first-order chi connectivity index (χ1) is 9.95. The maximum absolute atomic E-state index is 3.65. The molecule has 0 bridgehead atoms. The van der Waals surface area contributed by atoms with E-state index in [4.69, 9.17) is 0 Å². The normalized spacial score (nSPS) is 12.4. The van der Waals surface area contributed by atoms with E-state index in [2.05, 4.69) is 85.3 Å². The molecule has 0 heterocycles. The smallest absolute Gasteiger partial charge is 0.0213 e. The lowest BCUT2D eigenvalue weighted by Gasteiger charge is -2.17. The van der Waals surface area contributed by atoms with Crippen LogP contribution in [0.25, 0.3) is 0 Å². The van der Waals surface area contributed by atoms with Gasteiger partial charge < -0.3 is 5.32 Å². The Hall–Kier alpha value is -1.12. The van der Waals surface area contributed by atoms with Gasteiger partial charge in [0.1, 0.15) is 0 Å². The lowest BCUT2D eigenvalue weighted by molar-refractivity contribution is 0.543. The van der Waals surface area contributed by atoms with Crippen molar-refractivity contribution in [1.29, 1.82) is 0 Å². The van der Waals surface area contributed by atoms with Gasteiger partial charge in [-0.25, -0.2) is 0 Å². The van der Waals surface area contributed by atoms with Gasteiger partial charge in [-0.3, -0.25) is 0 Å². The fourth-order valence-electron chi connectivity index (χ4n) is 2.81. The van der Waals surface area contributed by atoms with Gasteiger partial charge in [-0.1, -0.05) is 45.8 Å². The molecular formula is C19H24BrN. The standard InChI is InChI=1S/C19H24BrN/c1-13-9-14(2)19(15(3)10-13)12-21-16(4)11-17-5-7-18(20)8-6-17/h5-10,16,21H,11-12H2,1-4H3. The summed E-state index contributed by atoms with van der Waals surface area (Å²) in [6, 6.07) is 13.6. The molecule has 112 valence electrons. The second-order valence-electron chi connectivity index (χ2n) is 5.99. The van der Waals surface area contributed by atoms with Gasteiger partial charge in [0, 0.05) is 17.1 Å². The van der Waals surface area contributed by atoms with Crippen LogP contribution in [0.5, 0.6) is 0 Å². The van der Waals surface area contributed by atoms with Crippen molar-refractivity contribution >= 4 is 15.9 Å². The topological polar surface area (TPSA) is 12.0 Å². The van der Waals surface area contributed by atoms with Crippen LogP contribution in [-0.4, -0.2) is 6.04 Å². The van der Waals surface area contributed by atoms with Crippen LogP contribution in [0.2, 0.25) is 0 Å². The van der Waals surface area contributed by atoms with Gasteiger partial charge in [-0.05, 0) is 68.5 Å². The Balaban J connectivity index is 1.95. The van der Waals surface area contributed by atoms with Crippen molar-refractivity contribution in [2.45, 2.75) is 46.7 Å². The van der Waals surface area contributed by atoms with E-state index in [1.54, 1.807) is 0 Å². The minimum Gasteiger partial charge on any atom is -0.310 e. The zero-order valence-corrected chi connectivity index (χ0v) is 14.9. The van der Waals surface area contributed by atoms with Crippen molar-refractivity contribution in [3.63, 3.8) is 0 Å². The number of hydrogen-bond donors (Lipinski definition) is 1. The van der Waals surface area contributed by atoms with Crippen LogP contribution in [0.15, 0.2) is 40.9 Å². The number of halogens is 1. The van der Waals surface area contributed by atoms with Gasteiger partial charge in [0.15, 0.2) is 0 Å². The SMILES string of the molecule is Cc1cc(C)c(CNC(C)Cc2ccc(Br)cc2)c(C)c1. The third-order valence-corrected chi connectivity index (χ3v) is 4.45. The van der Waals surface area contributed by atoms with Crippen LogP contribution in [0.1, 0.15) is 34.7 Å². The van der Waals surface area contributed by atoms with Gasteiger partial charge in [0.25, 0.3) is 0 Å². The van der Waals surface area contributed by atoms with Crippen LogP contribution < -0.4 is 5.32 Å². The first-order valence-corrected chi connectivity index (χ1v) is 8.29. The molecular weight excluding hydrogens is 322 g/mol. The molecule has 1 N–H and O–H groups in total. The zero-order chi connectivity index (χ0) is 15.4. The lowest BCUT2D eigenvalue weighted by Crippen LogP contribution is -2.28. The Morgan fingerprint density at radius 1 is 1.00 bits per heavy atom. The summed E-state index contributed by atoms with van der Waals surface area (Å²) in [6.45, 7) is 9.76. The summed E-state index contributed by atoms with van der Waals surface area (Å²) in [5.74, 6) is 0. The zero-order valence-electron chi connectivity index (χ0n) is 13.3. The molecule has 0 aliphatic carbocycles. The summed E-state index contributed by atoms with van der Waals surface area (Å²) in [5, 5.41) is 3.65. The number of nitrogens with one attached hydrogen (secondary N) is 1. The predicted molar refractivity (Wildman–Crippen MR) is 94.8 cm³/mol. The van der Waals surface area contributed by atoms with E-state index >= 15 is 0 Å². The number of benzene rings is 2. The maximum atomic E-state index is 3.65. The average Bonchev–Trinajstić information content (AvgIpc) is 2.40. The summed E-state index contributed by atoms with van der Waals surface area (Å²) in [5.41, 5.74) is 6.92. The van der Waals surface area contributed by atoms with E-state index in [1.807, 2.05) is 0 Å². The molecule has 2 aromatic rings. The first-order valence-electron chi connectivity index (χ1n) is 7.50. The van der Waals surface area contributed by atoms with Crippen LogP contribution in [0, 0.1) is 20.8 Å². The molecule has 0 saturated heterocycles. The summed E-state index contributed by atoms with van der Waals surface area (Å²) in [7, 11) is 0. The highest BCUT2D eigenvalue weighted by Crippen LogP contribution is 2.17. The lowest BCUT2D eigenvalue weighted by atomic mass is 9.99. The highest BCUT2D eigenvalue weighted by molar-refractivity contribution is 9.10. The maximum Gasteiger partial charge on any atom is 0.0213 e. The van der Waals surface area contributed by atoms with Crippen molar-refractivity contribution in [1.82, 2.24) is 5.32 Å². The summed E-state index contributed by atoms with van der Waals surface area (Å²) in [6.07, 6.45) is 1.05. The molecule has 2 aromatic carbocycles. The number of rotatable bonds is 5. The molecule has 1 atom stereocenters. The van der Waals surface area contributed by atoms with E-state index in [0.29, 0.717) is 6.04 Å². The van der Waals surface area contributed by atoms with Crippen LogP contribution in [0.4, 0.5) is 0 Å². The summed E-state index contributed by atoms with van der Waals surface area (Å²) in [4.78, 5) is 0. The fraction of sp³-hybridized carbons (Fsp3) is 0.368. The van der Waals surface area contributed by atoms with E-state index in [9.17, 15) is 0 Å². The van der Waals surface area contributed by atoms with Gasteiger partial charge in [-0.15, -0.1) is 0 Å². The van der Waals surface area contributed by atoms with Crippen LogP contribution >= 0.6 is 15.9 Å². The molecule has 0 amide bonds. The Labute approximate surface area is 136 Å². The molecule has 0 radical (unpaired) electrons. The highest BCUT2D eigenvalue weighted by atomic mass is 79.9. The van der Waals surface area contributed by atoms with Crippen molar-refractivity contribution in [3.05, 3.63) is 68.7 Å². The van der Waals surface area contributed by atoms with Crippen molar-refractivity contribution in [2.75, 3.05) is 0 Å². The molecule has 0 aromatic heterocycles. The molecule has 0 saturated carbocycles. The van der Waals surface area contributed by atoms with Gasteiger partial charge in [0.05, 0.1) is 0 Å². The minimum absolute atomic E-state index is 0.464. The van der Waals surface area contributed by atoms with E-state index in [0.717, 1.165) is 17.4 Å². The van der Waals surface area contributed by atoms with Crippen molar-refractivity contribution < 1.29 is 0 Å². The molecule has 2 rings (SSSR count). The number of hydrogen-bond acceptors (Lipinski definition) is 1. The fourth-order valence-corrected chi connectivity index (χ4v) is 3.08. The quantitative estimate of drug-likeness (QED) is 0.795. The molecule has 0 aliphatic rings. The van der Waals surface area contributed by atoms with Crippen molar-refractivity contribution in [3.8, 4) is 0 Å². The highest BCUT2D eigenvalue weighted by Gasteiger charge is 2.07. The Bertz CT molecular complexity index is 578. The Kier molecular flexibility index (Phi) is 5.60. The van der Waals surface area contributed by atoms with Crippen LogP contribution in [-0.2, 0) is 13.0 Å². The Morgan fingerprint density at radius 3 is 2.14 bits per heavy atom. The molecule has 1 nitrogen and oxygen atoms in total. The third-order valence-electron chi connectivity index (χ3n) is 3.92. The van der Waals surface area contributed by atoms with E-state index in [1.165, 1.54) is 27.8 Å². The largest absolute Gasteiger partial charge is 0.310 e. The summed E-state index contributed by atoms with van der Waals surface area (Å²) < 4.78 is 1.14. The second-order valence-corrected chi connectivity index (χ2v) is 6.91. The predicted octanol–water partition coefficient (Wildman–Crippen LogP) is 5.10. The van der Waals surface area contributed by atoms with E-state index in [-0.39, 0.29) is 0 Å². The molecule has 0 aliphatic heterocycles. The second kappa shape index (κ2) is 7.24. The van der Waals surface area contributed by atoms with Gasteiger partial charge >= 0.3 is 0 Å². The van der Waals surface area contributed by atoms with Crippen LogP contribution in [0.3, 0.4) is 0 Å². The monoisotopic (exact) mass is 345 g/mol. The third kappa shape index (κ3) is 4.69. The van der Waals surface area contributed by atoms with E-state index < -0.39 is 0 Å². The minimum atomic E-state index is 0.464. The molecule has 1 unspecified atom stereocenters. The molecule has 0 fully saturated rings. The summed E-state index contributed by atoms with van der Waals surface area (Å²) >= 11 is 3.48. The van der Waals surface area contributed by atoms with Gasteiger partial charge in [-0.2, -0.15) is 0 Å². The molecule has 2 heteroatoms. The molecule has 21 heavy (non-hydrogen) atoms.